The zero-order chi connectivity index (χ0) is 21.2. The average molecular weight is 408 g/mol. The summed E-state index contributed by atoms with van der Waals surface area (Å²) in [7, 11) is 1.44. The van der Waals surface area contributed by atoms with Crippen LogP contribution in [0.2, 0.25) is 0 Å². The van der Waals surface area contributed by atoms with E-state index in [1.165, 1.54) is 17.7 Å². The highest BCUT2D eigenvalue weighted by Gasteiger charge is 2.33. The normalized spacial score (nSPS) is 11.8. The summed E-state index contributed by atoms with van der Waals surface area (Å²) in [5, 5.41) is 9.03. The van der Waals surface area contributed by atoms with Gasteiger partial charge < -0.3 is 9.84 Å². The molecule has 0 amide bonds. The third-order valence-corrected chi connectivity index (χ3v) is 4.58. The molecule has 0 unspecified atom stereocenters. The number of hydrogen-bond acceptors (Lipinski definition) is 4. The average Bonchev–Trinajstić information content (AvgIpc) is 2.67. The number of ether oxygens (including phenoxy) is 1. The van der Waals surface area contributed by atoms with Gasteiger partial charge in [-0.2, -0.15) is 0 Å². The first-order chi connectivity index (χ1) is 13.7. The zero-order valence-corrected chi connectivity index (χ0v) is 15.6. The van der Waals surface area contributed by atoms with Crippen LogP contribution in [-0.2, 0) is 20.0 Å². The lowest BCUT2D eigenvalue weighted by molar-refractivity contribution is -0.274. The van der Waals surface area contributed by atoms with Crippen LogP contribution < -0.4 is 16.0 Å². The number of aliphatic hydroxyl groups excluding tert-OH is 1. The van der Waals surface area contributed by atoms with Crippen molar-refractivity contribution >= 4 is 10.9 Å². The maximum Gasteiger partial charge on any atom is 0.573 e. The Kier molecular flexibility index (Phi) is 5.78. The van der Waals surface area contributed by atoms with Crippen LogP contribution in [0.25, 0.3) is 10.9 Å². The summed E-state index contributed by atoms with van der Waals surface area (Å²) in [4.78, 5) is 25.6. The lowest BCUT2D eigenvalue weighted by Gasteiger charge is -2.18. The molecule has 0 fully saturated rings. The molecule has 3 rings (SSSR count). The number of rotatable bonds is 6. The highest BCUT2D eigenvalue weighted by atomic mass is 19.4. The number of hydrogen-bond donors (Lipinski definition) is 1. The van der Waals surface area contributed by atoms with Crippen molar-refractivity contribution in [1.82, 2.24) is 9.13 Å². The van der Waals surface area contributed by atoms with E-state index in [0.29, 0.717) is 5.56 Å². The van der Waals surface area contributed by atoms with E-state index in [1.54, 1.807) is 30.3 Å². The van der Waals surface area contributed by atoms with E-state index in [2.05, 4.69) is 4.74 Å². The maximum atomic E-state index is 13.1. The molecule has 1 aromatic heterocycles. The third kappa shape index (κ3) is 4.34. The summed E-state index contributed by atoms with van der Waals surface area (Å²) in [5.41, 5.74) is -0.381. The number of aromatic nitrogens is 2. The van der Waals surface area contributed by atoms with Crippen LogP contribution in [0.15, 0.2) is 52.1 Å². The molecule has 1 heterocycles. The molecule has 154 valence electrons. The number of alkyl halides is 3. The molecule has 0 saturated heterocycles. The maximum absolute atomic E-state index is 13.1. The minimum Gasteiger partial charge on any atom is -0.405 e. The lowest BCUT2D eigenvalue weighted by atomic mass is 10.00. The van der Waals surface area contributed by atoms with Crippen LogP contribution >= 0.6 is 0 Å². The molecule has 29 heavy (non-hydrogen) atoms. The van der Waals surface area contributed by atoms with Gasteiger partial charge in [0.25, 0.3) is 5.56 Å². The Morgan fingerprint density at radius 1 is 1.07 bits per heavy atom. The van der Waals surface area contributed by atoms with Gasteiger partial charge in [-0.15, -0.1) is 13.2 Å². The third-order valence-electron chi connectivity index (χ3n) is 4.58. The fourth-order valence-electron chi connectivity index (χ4n) is 3.26. The minimum absolute atomic E-state index is 0.0109. The van der Waals surface area contributed by atoms with Crippen LogP contribution in [0.1, 0.15) is 17.5 Å². The lowest BCUT2D eigenvalue weighted by Crippen LogP contribution is -2.39. The SMILES string of the molecule is Cn1c(=O)n(CCCO)c(=O)c2c(Cc3ccccc3)c(OC(F)(F)F)ccc21. The van der Waals surface area contributed by atoms with Gasteiger partial charge in [0.05, 0.1) is 10.9 Å². The predicted octanol–water partition coefficient (Wildman–Crippen LogP) is 2.57. The Bertz CT molecular complexity index is 1130. The van der Waals surface area contributed by atoms with Crippen molar-refractivity contribution in [1.29, 1.82) is 0 Å². The zero-order valence-electron chi connectivity index (χ0n) is 15.6. The quantitative estimate of drug-likeness (QED) is 0.681. The molecule has 2 aromatic carbocycles. The van der Waals surface area contributed by atoms with Crippen molar-refractivity contribution in [3.63, 3.8) is 0 Å². The molecule has 0 aliphatic heterocycles. The standard InChI is InChI=1S/C20H19F3N2O4/c1-24-15-8-9-16(29-20(21,22)23)14(12-13-6-3-2-4-7-13)17(15)18(27)25(19(24)28)10-5-11-26/h2-4,6-9,26H,5,10-12H2,1H3. The number of aliphatic hydroxyl groups is 1. The van der Waals surface area contributed by atoms with Gasteiger partial charge in [0.15, 0.2) is 0 Å². The molecule has 0 spiro atoms. The van der Waals surface area contributed by atoms with Crippen molar-refractivity contribution < 1.29 is 23.0 Å². The van der Waals surface area contributed by atoms with E-state index in [0.717, 1.165) is 10.6 Å². The van der Waals surface area contributed by atoms with E-state index in [-0.39, 0.29) is 42.5 Å². The highest BCUT2D eigenvalue weighted by Crippen LogP contribution is 2.32. The summed E-state index contributed by atoms with van der Waals surface area (Å²) in [6.45, 7) is -0.283. The van der Waals surface area contributed by atoms with Crippen LogP contribution in [0.4, 0.5) is 13.2 Å². The van der Waals surface area contributed by atoms with Crippen molar-refractivity contribution in [2.24, 2.45) is 7.05 Å². The van der Waals surface area contributed by atoms with Gasteiger partial charge in [-0.1, -0.05) is 30.3 Å². The molecule has 0 atom stereocenters. The Morgan fingerprint density at radius 3 is 2.38 bits per heavy atom. The molecule has 3 aromatic rings. The number of nitrogens with zero attached hydrogens (tertiary/aromatic N) is 2. The molecule has 0 saturated carbocycles. The summed E-state index contributed by atoms with van der Waals surface area (Å²) >= 11 is 0. The van der Waals surface area contributed by atoms with Gasteiger partial charge in [-0.25, -0.2) is 4.79 Å². The fraction of sp³-hybridized carbons (Fsp3) is 0.300. The second-order valence-electron chi connectivity index (χ2n) is 6.52. The fourth-order valence-corrected chi connectivity index (χ4v) is 3.26. The number of halogens is 3. The molecule has 0 bridgehead atoms. The number of benzene rings is 2. The Balaban J connectivity index is 2.33. The van der Waals surface area contributed by atoms with Crippen molar-refractivity contribution in [3.8, 4) is 5.75 Å². The van der Waals surface area contributed by atoms with Gasteiger partial charge in [0.1, 0.15) is 5.75 Å². The summed E-state index contributed by atoms with van der Waals surface area (Å²) in [6, 6.07) is 11.1. The predicted molar refractivity (Wildman–Crippen MR) is 101 cm³/mol. The topological polar surface area (TPSA) is 73.5 Å². The van der Waals surface area contributed by atoms with E-state index in [4.69, 9.17) is 5.11 Å². The second kappa shape index (κ2) is 8.12. The van der Waals surface area contributed by atoms with Crippen LogP contribution in [-0.4, -0.2) is 27.2 Å². The first kappa shape index (κ1) is 20.7. The number of fused-ring (bicyclic) bond motifs is 1. The highest BCUT2D eigenvalue weighted by molar-refractivity contribution is 5.84. The van der Waals surface area contributed by atoms with E-state index in [1.807, 2.05) is 0 Å². The largest absolute Gasteiger partial charge is 0.573 e. The van der Waals surface area contributed by atoms with Crippen LogP contribution in [0.5, 0.6) is 5.75 Å². The van der Waals surface area contributed by atoms with Gasteiger partial charge in [-0.3, -0.25) is 13.9 Å². The number of aryl methyl sites for hydroxylation is 1. The molecule has 9 heteroatoms. The summed E-state index contributed by atoms with van der Waals surface area (Å²) < 4.78 is 45.2. The van der Waals surface area contributed by atoms with Crippen LogP contribution in [0, 0.1) is 0 Å². The summed E-state index contributed by atoms with van der Waals surface area (Å²) in [6.07, 6.45) is -4.76. The second-order valence-corrected chi connectivity index (χ2v) is 6.52. The Labute approximate surface area is 163 Å². The molecule has 6 nitrogen and oxygen atoms in total. The van der Waals surface area contributed by atoms with Gasteiger partial charge in [0, 0.05) is 32.2 Å². The molecule has 0 radical (unpaired) electrons. The van der Waals surface area contributed by atoms with Crippen molar-refractivity contribution in [2.45, 2.75) is 25.7 Å². The molecular weight excluding hydrogens is 389 g/mol. The van der Waals surface area contributed by atoms with Gasteiger partial charge in [0.2, 0.25) is 0 Å². The molecule has 1 N–H and O–H groups in total. The molecule has 0 aliphatic rings. The van der Waals surface area contributed by atoms with Crippen molar-refractivity contribution in [2.75, 3.05) is 6.61 Å². The molecule has 0 aliphatic carbocycles. The van der Waals surface area contributed by atoms with Crippen LogP contribution in [0.3, 0.4) is 0 Å². The first-order valence-electron chi connectivity index (χ1n) is 8.89. The first-order valence-corrected chi connectivity index (χ1v) is 8.89. The van der Waals surface area contributed by atoms with E-state index < -0.39 is 23.4 Å². The van der Waals surface area contributed by atoms with Gasteiger partial charge >= 0.3 is 12.1 Å². The van der Waals surface area contributed by atoms with E-state index >= 15 is 0 Å². The monoisotopic (exact) mass is 408 g/mol. The Hall–Kier alpha value is -3.07. The summed E-state index contributed by atoms with van der Waals surface area (Å²) in [5.74, 6) is -0.488. The molecular formula is C20H19F3N2O4. The van der Waals surface area contributed by atoms with Gasteiger partial charge in [-0.05, 0) is 24.1 Å². The van der Waals surface area contributed by atoms with Crippen molar-refractivity contribution in [3.05, 3.63) is 74.4 Å². The Morgan fingerprint density at radius 2 is 1.76 bits per heavy atom. The van der Waals surface area contributed by atoms with E-state index in [9.17, 15) is 22.8 Å². The minimum atomic E-state index is -4.93. The smallest absolute Gasteiger partial charge is 0.405 e.